The minimum Gasteiger partial charge on any atom is -0.493 e. The van der Waals surface area contributed by atoms with Crippen molar-refractivity contribution in [3.05, 3.63) is 59.0 Å². The lowest BCUT2D eigenvalue weighted by molar-refractivity contribution is 0.356. The number of nitrogens with zero attached hydrogens (tertiary/aromatic N) is 3. The van der Waals surface area contributed by atoms with Crippen molar-refractivity contribution in [3.8, 4) is 17.6 Å². The second-order valence-electron chi connectivity index (χ2n) is 7.26. The van der Waals surface area contributed by atoms with Crippen molar-refractivity contribution in [2.75, 3.05) is 38.8 Å². The molecule has 1 unspecified atom stereocenters. The Kier molecular flexibility index (Phi) is 5.42. The van der Waals surface area contributed by atoms with Crippen LogP contribution in [0.1, 0.15) is 22.9 Å². The first-order valence-corrected chi connectivity index (χ1v) is 9.76. The van der Waals surface area contributed by atoms with Gasteiger partial charge in [0.2, 0.25) is 0 Å². The number of piperazine rings is 1. The molecule has 0 saturated carbocycles. The van der Waals surface area contributed by atoms with Gasteiger partial charge in [-0.2, -0.15) is 5.26 Å². The molecule has 30 heavy (non-hydrogen) atoms. The summed E-state index contributed by atoms with van der Waals surface area (Å²) in [5.41, 5.74) is 2.22. The van der Waals surface area contributed by atoms with Crippen LogP contribution >= 0.6 is 0 Å². The first kappa shape index (κ1) is 19.9. The van der Waals surface area contributed by atoms with Gasteiger partial charge in [-0.1, -0.05) is 12.1 Å². The van der Waals surface area contributed by atoms with Crippen molar-refractivity contribution in [1.82, 2.24) is 10.3 Å². The van der Waals surface area contributed by atoms with Crippen LogP contribution < -0.4 is 19.7 Å². The Hall–Kier alpha value is -3.37. The molecule has 2 aromatic carbocycles. The molecule has 7 heteroatoms. The number of benzene rings is 2. The fourth-order valence-electron chi connectivity index (χ4n) is 3.98. The number of anilines is 1. The SMILES string of the molecule is COc1cc2c(N3CCNC(c4ccc(F)cc4)C3)nc(C)c(C#N)c2cc1OC. The molecule has 0 amide bonds. The number of pyridine rings is 1. The van der Waals surface area contributed by atoms with Gasteiger partial charge in [-0.25, -0.2) is 9.37 Å². The first-order valence-electron chi connectivity index (χ1n) is 9.76. The van der Waals surface area contributed by atoms with E-state index >= 15 is 0 Å². The summed E-state index contributed by atoms with van der Waals surface area (Å²) >= 11 is 0. The Morgan fingerprint density at radius 3 is 2.43 bits per heavy atom. The van der Waals surface area contributed by atoms with Crippen LogP contribution in [-0.4, -0.2) is 38.8 Å². The highest BCUT2D eigenvalue weighted by Crippen LogP contribution is 2.38. The molecule has 0 radical (unpaired) electrons. The Balaban J connectivity index is 1.81. The van der Waals surface area contributed by atoms with Crippen molar-refractivity contribution in [2.24, 2.45) is 0 Å². The van der Waals surface area contributed by atoms with E-state index in [1.165, 1.54) is 12.1 Å². The lowest BCUT2D eigenvalue weighted by Crippen LogP contribution is -2.46. The van der Waals surface area contributed by atoms with Gasteiger partial charge in [0.1, 0.15) is 17.7 Å². The van der Waals surface area contributed by atoms with Crippen LogP contribution in [0.25, 0.3) is 10.8 Å². The number of aromatic nitrogens is 1. The summed E-state index contributed by atoms with van der Waals surface area (Å²) in [7, 11) is 3.17. The highest BCUT2D eigenvalue weighted by Gasteiger charge is 2.25. The van der Waals surface area contributed by atoms with E-state index in [4.69, 9.17) is 14.5 Å². The molecule has 1 atom stereocenters. The number of aryl methyl sites for hydroxylation is 1. The predicted molar refractivity (Wildman–Crippen MR) is 114 cm³/mol. The molecule has 1 N–H and O–H groups in total. The number of nitriles is 1. The maximum Gasteiger partial charge on any atom is 0.161 e. The third-order valence-corrected chi connectivity index (χ3v) is 5.53. The molecule has 1 aliphatic rings. The summed E-state index contributed by atoms with van der Waals surface area (Å²) in [6, 6.07) is 12.6. The number of halogens is 1. The molecule has 6 nitrogen and oxygen atoms in total. The van der Waals surface area contributed by atoms with Gasteiger partial charge < -0.3 is 19.7 Å². The van der Waals surface area contributed by atoms with Crippen LogP contribution in [0.15, 0.2) is 36.4 Å². The van der Waals surface area contributed by atoms with E-state index in [2.05, 4.69) is 16.3 Å². The normalized spacial score (nSPS) is 16.4. The highest BCUT2D eigenvalue weighted by atomic mass is 19.1. The van der Waals surface area contributed by atoms with Gasteiger partial charge in [-0.3, -0.25) is 0 Å². The zero-order valence-electron chi connectivity index (χ0n) is 17.2. The molecule has 1 aliphatic heterocycles. The molecule has 154 valence electrons. The number of ether oxygens (including phenoxy) is 2. The van der Waals surface area contributed by atoms with Crippen molar-refractivity contribution in [3.63, 3.8) is 0 Å². The van der Waals surface area contributed by atoms with Gasteiger partial charge in [0.25, 0.3) is 0 Å². The van der Waals surface area contributed by atoms with Crippen LogP contribution in [-0.2, 0) is 0 Å². The van der Waals surface area contributed by atoms with E-state index in [9.17, 15) is 9.65 Å². The van der Waals surface area contributed by atoms with Gasteiger partial charge in [0.15, 0.2) is 11.5 Å². The number of hydrogen-bond acceptors (Lipinski definition) is 6. The fraction of sp³-hybridized carbons (Fsp3) is 0.304. The average molecular weight is 406 g/mol. The van der Waals surface area contributed by atoms with Crippen molar-refractivity contribution in [1.29, 1.82) is 5.26 Å². The molecule has 0 spiro atoms. The number of fused-ring (bicyclic) bond motifs is 1. The van der Waals surface area contributed by atoms with Gasteiger partial charge in [-0.15, -0.1) is 0 Å². The lowest BCUT2D eigenvalue weighted by atomic mass is 10.0. The Bertz CT molecular complexity index is 1120. The van der Waals surface area contributed by atoms with Crippen LogP contribution in [0.4, 0.5) is 10.2 Å². The Morgan fingerprint density at radius 2 is 1.80 bits per heavy atom. The summed E-state index contributed by atoms with van der Waals surface area (Å²) in [5, 5.41) is 14.8. The van der Waals surface area contributed by atoms with Gasteiger partial charge in [-0.05, 0) is 36.8 Å². The third kappa shape index (κ3) is 3.51. The maximum atomic E-state index is 13.3. The van der Waals surface area contributed by atoms with Crippen LogP contribution in [0.3, 0.4) is 0 Å². The largest absolute Gasteiger partial charge is 0.493 e. The minimum absolute atomic E-state index is 0.0484. The van der Waals surface area contributed by atoms with Crippen molar-refractivity contribution < 1.29 is 13.9 Å². The van der Waals surface area contributed by atoms with E-state index in [-0.39, 0.29) is 11.9 Å². The predicted octanol–water partition coefficient (Wildman–Crippen LogP) is 3.72. The summed E-state index contributed by atoms with van der Waals surface area (Å²) in [6.45, 7) is 4.04. The van der Waals surface area contributed by atoms with Gasteiger partial charge in [0.05, 0.1) is 25.5 Å². The van der Waals surface area contributed by atoms with Crippen LogP contribution in [0, 0.1) is 24.1 Å². The molecular weight excluding hydrogens is 383 g/mol. The lowest BCUT2D eigenvalue weighted by Gasteiger charge is -2.35. The number of rotatable bonds is 4. The van der Waals surface area contributed by atoms with E-state index < -0.39 is 0 Å². The Morgan fingerprint density at radius 1 is 1.13 bits per heavy atom. The minimum atomic E-state index is -0.247. The quantitative estimate of drug-likeness (QED) is 0.712. The van der Waals surface area contributed by atoms with E-state index in [1.807, 2.05) is 19.1 Å². The zero-order chi connectivity index (χ0) is 21.3. The third-order valence-electron chi connectivity index (χ3n) is 5.53. The maximum absolute atomic E-state index is 13.3. The average Bonchev–Trinajstić information content (AvgIpc) is 2.78. The molecule has 1 aromatic heterocycles. The van der Waals surface area contributed by atoms with Gasteiger partial charge in [0, 0.05) is 36.4 Å². The molecule has 4 rings (SSSR count). The zero-order valence-corrected chi connectivity index (χ0v) is 17.2. The summed E-state index contributed by atoms with van der Waals surface area (Å²) < 4.78 is 24.3. The van der Waals surface area contributed by atoms with Crippen molar-refractivity contribution >= 4 is 16.6 Å². The number of nitrogens with one attached hydrogen (secondary N) is 1. The molecule has 0 bridgehead atoms. The highest BCUT2D eigenvalue weighted by molar-refractivity contribution is 5.98. The van der Waals surface area contributed by atoms with E-state index in [0.717, 1.165) is 35.2 Å². The topological polar surface area (TPSA) is 70.4 Å². The van der Waals surface area contributed by atoms with Gasteiger partial charge >= 0.3 is 0 Å². The van der Waals surface area contributed by atoms with E-state index in [0.29, 0.717) is 29.3 Å². The summed E-state index contributed by atoms with van der Waals surface area (Å²) in [5.74, 6) is 1.72. The Labute approximate surface area is 174 Å². The summed E-state index contributed by atoms with van der Waals surface area (Å²) in [6.07, 6.45) is 0. The molecule has 3 aromatic rings. The number of hydrogen-bond donors (Lipinski definition) is 1. The smallest absolute Gasteiger partial charge is 0.161 e. The molecule has 1 fully saturated rings. The fourth-order valence-corrected chi connectivity index (χ4v) is 3.98. The van der Waals surface area contributed by atoms with Crippen molar-refractivity contribution in [2.45, 2.75) is 13.0 Å². The molecular formula is C23H23FN4O2. The van der Waals surface area contributed by atoms with E-state index in [1.54, 1.807) is 26.4 Å². The second-order valence-corrected chi connectivity index (χ2v) is 7.26. The molecule has 1 saturated heterocycles. The standard InChI is InChI=1S/C23H23FN4O2/c1-14-19(12-25)17-10-21(29-2)22(30-3)11-18(17)23(27-14)28-9-8-26-20(13-28)15-4-6-16(24)7-5-15/h4-7,10-11,20,26H,8-9,13H2,1-3H3. The monoisotopic (exact) mass is 406 g/mol. The second kappa shape index (κ2) is 8.17. The first-order chi connectivity index (χ1) is 14.5. The molecule has 0 aliphatic carbocycles. The summed E-state index contributed by atoms with van der Waals surface area (Å²) in [4.78, 5) is 6.99. The number of methoxy groups -OCH3 is 2. The van der Waals surface area contributed by atoms with Crippen LogP contribution in [0.2, 0.25) is 0 Å². The van der Waals surface area contributed by atoms with Crippen LogP contribution in [0.5, 0.6) is 11.5 Å². The molecule has 2 heterocycles.